The number of amidine groups is 1. The molecule has 0 spiro atoms. The fraction of sp³-hybridized carbons (Fsp3) is 0.412. The fourth-order valence-electron chi connectivity index (χ4n) is 3.16. The molecular weight excluding hydrogens is 395 g/mol. The van der Waals surface area contributed by atoms with Crippen LogP contribution in [0.3, 0.4) is 0 Å². The normalized spacial score (nSPS) is 19.1. The van der Waals surface area contributed by atoms with Crippen molar-refractivity contribution in [3.63, 3.8) is 0 Å². The van der Waals surface area contributed by atoms with E-state index in [1.165, 1.54) is 11.1 Å². The number of hydrogen-bond acceptors (Lipinski definition) is 3. The van der Waals surface area contributed by atoms with Crippen molar-refractivity contribution in [3.8, 4) is 11.9 Å². The number of hydrogen-bond donors (Lipinski definition) is 0. The number of rotatable bonds is 3. The molecular formula is C17H12F7N3O. The zero-order valence-electron chi connectivity index (χ0n) is 14.0. The minimum atomic E-state index is -5.85. The van der Waals surface area contributed by atoms with E-state index in [4.69, 9.17) is 10.00 Å². The van der Waals surface area contributed by atoms with Gasteiger partial charge in [0.15, 0.2) is 0 Å². The highest BCUT2D eigenvalue weighted by atomic mass is 19.4. The summed E-state index contributed by atoms with van der Waals surface area (Å²) in [4.78, 5) is 4.81. The minimum Gasteiger partial charge on any atom is -0.488 e. The Morgan fingerprint density at radius 1 is 1.18 bits per heavy atom. The van der Waals surface area contributed by atoms with Crippen molar-refractivity contribution >= 4 is 11.5 Å². The van der Waals surface area contributed by atoms with Gasteiger partial charge in [-0.1, -0.05) is 0 Å². The van der Waals surface area contributed by atoms with Crippen LogP contribution in [0.5, 0.6) is 5.75 Å². The highest BCUT2D eigenvalue weighted by Crippen LogP contribution is 2.47. The first kappa shape index (κ1) is 20.0. The third-order valence-corrected chi connectivity index (χ3v) is 4.45. The molecule has 4 nitrogen and oxygen atoms in total. The van der Waals surface area contributed by atoms with Gasteiger partial charge in [-0.15, -0.1) is 0 Å². The van der Waals surface area contributed by atoms with Gasteiger partial charge in [0.25, 0.3) is 6.43 Å². The highest BCUT2D eigenvalue weighted by Gasteiger charge is 2.59. The summed E-state index contributed by atoms with van der Waals surface area (Å²) in [5, 5.41) is 8.78. The third-order valence-electron chi connectivity index (χ3n) is 4.45. The van der Waals surface area contributed by atoms with Gasteiger partial charge in [0.2, 0.25) is 6.19 Å². The lowest BCUT2D eigenvalue weighted by molar-refractivity contribution is -0.289. The second kappa shape index (κ2) is 7.00. The first-order chi connectivity index (χ1) is 13.1. The molecule has 1 fully saturated rings. The SMILES string of the molecule is N#CN=C1CCCN1C1=C(C(F)F)COc2ccc(C(F)(F)C(F)(F)F)cc21. The van der Waals surface area contributed by atoms with Gasteiger partial charge in [-0.2, -0.15) is 32.2 Å². The van der Waals surface area contributed by atoms with Crippen molar-refractivity contribution in [2.24, 2.45) is 4.99 Å². The van der Waals surface area contributed by atoms with Crippen LogP contribution in [0.25, 0.3) is 5.70 Å². The van der Waals surface area contributed by atoms with Crippen LogP contribution in [0.2, 0.25) is 0 Å². The first-order valence-corrected chi connectivity index (χ1v) is 8.04. The molecule has 0 aromatic heterocycles. The van der Waals surface area contributed by atoms with Crippen molar-refractivity contribution < 1.29 is 35.5 Å². The van der Waals surface area contributed by atoms with Crippen LogP contribution in [-0.2, 0) is 5.92 Å². The Morgan fingerprint density at radius 3 is 2.50 bits per heavy atom. The van der Waals surface area contributed by atoms with Crippen LogP contribution in [0.15, 0.2) is 28.8 Å². The topological polar surface area (TPSA) is 48.6 Å². The van der Waals surface area contributed by atoms with E-state index in [-0.39, 0.29) is 35.8 Å². The number of halogens is 7. The minimum absolute atomic E-state index is 0.107. The van der Waals surface area contributed by atoms with Gasteiger partial charge in [0.05, 0.1) is 11.3 Å². The molecule has 3 rings (SSSR count). The number of aliphatic imine (C=N–C) groups is 1. The first-order valence-electron chi connectivity index (χ1n) is 8.04. The second-order valence-electron chi connectivity index (χ2n) is 6.13. The molecule has 0 saturated carbocycles. The number of nitriles is 1. The summed E-state index contributed by atoms with van der Waals surface area (Å²) >= 11 is 0. The Bertz CT molecular complexity index is 884. The molecule has 1 aromatic carbocycles. The molecule has 28 heavy (non-hydrogen) atoms. The predicted molar refractivity (Wildman–Crippen MR) is 83.8 cm³/mol. The standard InChI is InChI=1S/C17H12F7N3O/c18-15(19)11-7-28-12-4-3-9(16(20,21)17(22,23)24)6-10(12)14(11)27-5-1-2-13(27)26-8-25/h3-4,6,15H,1-2,5,7H2. The van der Waals surface area contributed by atoms with E-state index in [0.717, 1.165) is 6.07 Å². The van der Waals surface area contributed by atoms with Crippen LogP contribution in [-0.4, -0.2) is 36.5 Å². The molecule has 0 radical (unpaired) electrons. The maximum atomic E-state index is 13.8. The quantitative estimate of drug-likeness (QED) is 0.540. The van der Waals surface area contributed by atoms with E-state index in [1.807, 2.05) is 0 Å². The van der Waals surface area contributed by atoms with Gasteiger partial charge >= 0.3 is 12.1 Å². The monoisotopic (exact) mass is 407 g/mol. The number of ether oxygens (including phenoxy) is 1. The molecule has 0 N–H and O–H groups in total. The van der Waals surface area contributed by atoms with Crippen molar-refractivity contribution in [2.45, 2.75) is 31.4 Å². The number of likely N-dealkylation sites (tertiary alicyclic amines) is 1. The summed E-state index contributed by atoms with van der Waals surface area (Å²) in [5.74, 6) is -5.15. The van der Waals surface area contributed by atoms with Crippen LogP contribution >= 0.6 is 0 Å². The zero-order chi connectivity index (χ0) is 20.7. The van der Waals surface area contributed by atoms with Crippen molar-refractivity contribution in [3.05, 3.63) is 34.9 Å². The van der Waals surface area contributed by atoms with Gasteiger partial charge in [0, 0.05) is 24.1 Å². The lowest BCUT2D eigenvalue weighted by Crippen LogP contribution is -2.34. The maximum Gasteiger partial charge on any atom is 0.458 e. The Kier molecular flexibility index (Phi) is 4.99. The third kappa shape index (κ3) is 3.27. The molecule has 150 valence electrons. The lowest BCUT2D eigenvalue weighted by atomic mass is 9.97. The van der Waals surface area contributed by atoms with Gasteiger partial charge in [-0.25, -0.2) is 8.78 Å². The average molecular weight is 407 g/mol. The summed E-state index contributed by atoms with van der Waals surface area (Å²) in [6, 6.07) is 1.94. The summed E-state index contributed by atoms with van der Waals surface area (Å²) in [6.07, 6.45) is -6.62. The highest BCUT2D eigenvalue weighted by molar-refractivity contribution is 5.95. The Labute approximate surface area is 154 Å². The Hall–Kier alpha value is -2.77. The molecule has 0 unspecified atom stereocenters. The predicted octanol–water partition coefficient (Wildman–Crippen LogP) is 4.68. The Balaban J connectivity index is 2.20. The van der Waals surface area contributed by atoms with E-state index in [9.17, 15) is 30.7 Å². The maximum absolute atomic E-state index is 13.8. The van der Waals surface area contributed by atoms with E-state index in [1.54, 1.807) is 0 Å². The fourth-order valence-corrected chi connectivity index (χ4v) is 3.16. The van der Waals surface area contributed by atoms with Crippen molar-refractivity contribution in [1.82, 2.24) is 4.90 Å². The van der Waals surface area contributed by atoms with Gasteiger partial charge < -0.3 is 9.64 Å². The molecule has 0 amide bonds. The number of fused-ring (bicyclic) bond motifs is 1. The van der Waals surface area contributed by atoms with Crippen LogP contribution in [0.4, 0.5) is 30.7 Å². The van der Waals surface area contributed by atoms with Crippen LogP contribution in [0.1, 0.15) is 24.0 Å². The van der Waals surface area contributed by atoms with Crippen molar-refractivity contribution in [2.75, 3.05) is 13.2 Å². The largest absolute Gasteiger partial charge is 0.488 e. The second-order valence-corrected chi connectivity index (χ2v) is 6.13. The lowest BCUT2D eigenvalue weighted by Gasteiger charge is -2.31. The van der Waals surface area contributed by atoms with E-state index >= 15 is 0 Å². The zero-order valence-corrected chi connectivity index (χ0v) is 14.0. The average Bonchev–Trinajstić information content (AvgIpc) is 3.07. The molecule has 2 heterocycles. The summed E-state index contributed by atoms with van der Waals surface area (Å²) in [6.45, 7) is -0.406. The van der Waals surface area contributed by atoms with Gasteiger partial charge in [0.1, 0.15) is 18.2 Å². The van der Waals surface area contributed by atoms with Gasteiger partial charge in [-0.3, -0.25) is 0 Å². The van der Waals surface area contributed by atoms with Gasteiger partial charge in [-0.05, 0) is 24.6 Å². The van der Waals surface area contributed by atoms with Crippen LogP contribution in [0, 0.1) is 11.5 Å². The molecule has 0 atom stereocenters. The summed E-state index contributed by atoms with van der Waals surface area (Å²) in [5.41, 5.74) is -2.54. The molecule has 11 heteroatoms. The molecule has 0 aliphatic carbocycles. The molecule has 2 aliphatic rings. The smallest absolute Gasteiger partial charge is 0.458 e. The number of alkyl halides is 7. The van der Waals surface area contributed by atoms with Crippen LogP contribution < -0.4 is 4.74 Å². The molecule has 1 saturated heterocycles. The van der Waals surface area contributed by atoms with Crippen molar-refractivity contribution in [1.29, 1.82) is 5.26 Å². The van der Waals surface area contributed by atoms with E-state index in [0.29, 0.717) is 18.6 Å². The number of benzene rings is 1. The summed E-state index contributed by atoms with van der Waals surface area (Å²) in [7, 11) is 0. The molecule has 1 aromatic rings. The van der Waals surface area contributed by atoms with E-state index < -0.39 is 36.3 Å². The molecule has 0 bridgehead atoms. The number of nitrogens with zero attached hydrogens (tertiary/aromatic N) is 3. The Morgan fingerprint density at radius 2 is 1.89 bits per heavy atom. The summed E-state index contributed by atoms with van der Waals surface area (Å²) < 4.78 is 98.0. The van der Waals surface area contributed by atoms with E-state index in [2.05, 4.69) is 4.99 Å². The molecule has 2 aliphatic heterocycles.